The van der Waals surface area contributed by atoms with Crippen molar-refractivity contribution in [1.82, 2.24) is 0 Å². The molecule has 7 heteroatoms. The maximum atomic E-state index is 10.7. The Kier molecular flexibility index (Phi) is 4.47. The summed E-state index contributed by atoms with van der Waals surface area (Å²) in [6.07, 6.45) is -0.317. The molecule has 0 atom stereocenters. The lowest BCUT2D eigenvalue weighted by Gasteiger charge is -2.02. The zero-order chi connectivity index (χ0) is 16.1. The van der Waals surface area contributed by atoms with E-state index in [1.807, 2.05) is 0 Å². The van der Waals surface area contributed by atoms with Gasteiger partial charge in [-0.05, 0) is 42.5 Å². The second-order valence-electron chi connectivity index (χ2n) is 4.44. The molecule has 2 aromatic rings. The molecule has 0 fully saturated rings. The predicted octanol–water partition coefficient (Wildman–Crippen LogP) is 3.13. The number of carboxylic acids is 2. The third kappa shape index (κ3) is 3.89. The number of phenolic OH excluding ortho intramolecular Hbond substituents is 1. The minimum Gasteiger partial charge on any atom is -0.508 e. The number of aromatic hydroxyl groups is 1. The Morgan fingerprint density at radius 1 is 0.909 bits per heavy atom. The quantitative estimate of drug-likeness (QED) is 0.733. The van der Waals surface area contributed by atoms with Gasteiger partial charge >= 0.3 is 11.9 Å². The van der Waals surface area contributed by atoms with Crippen LogP contribution in [-0.2, 0) is 11.2 Å². The summed E-state index contributed by atoms with van der Waals surface area (Å²) >= 11 is 0. The standard InChI is InChI=1S/C15H12N2O5/c18-13-6-5-12(7-10(13)8-14(19)20)17-16-11-3-1-9(2-4-11)15(21)22/h1-7,18H,8H2,(H,19,20)(H,21,22). The number of benzene rings is 2. The third-order valence-corrected chi connectivity index (χ3v) is 2.80. The van der Waals surface area contributed by atoms with Crippen molar-refractivity contribution in [1.29, 1.82) is 0 Å². The van der Waals surface area contributed by atoms with E-state index in [-0.39, 0.29) is 23.3 Å². The zero-order valence-corrected chi connectivity index (χ0v) is 11.3. The van der Waals surface area contributed by atoms with Crippen molar-refractivity contribution < 1.29 is 24.9 Å². The molecule has 112 valence electrons. The van der Waals surface area contributed by atoms with Crippen molar-refractivity contribution in [3.8, 4) is 5.75 Å². The van der Waals surface area contributed by atoms with E-state index < -0.39 is 11.9 Å². The van der Waals surface area contributed by atoms with Gasteiger partial charge in [-0.2, -0.15) is 10.2 Å². The molecule has 0 unspecified atom stereocenters. The van der Waals surface area contributed by atoms with Gasteiger partial charge in [-0.15, -0.1) is 0 Å². The molecule has 2 rings (SSSR count). The Morgan fingerprint density at radius 2 is 1.50 bits per heavy atom. The Labute approximate surface area is 125 Å². The number of hydrogen-bond acceptors (Lipinski definition) is 5. The molecule has 0 bridgehead atoms. The maximum Gasteiger partial charge on any atom is 0.335 e. The lowest BCUT2D eigenvalue weighted by atomic mass is 10.1. The van der Waals surface area contributed by atoms with Crippen LogP contribution < -0.4 is 0 Å². The Hall–Kier alpha value is -3.22. The van der Waals surface area contributed by atoms with Crippen molar-refractivity contribution in [2.45, 2.75) is 6.42 Å². The van der Waals surface area contributed by atoms with E-state index in [0.29, 0.717) is 11.4 Å². The van der Waals surface area contributed by atoms with Crippen LogP contribution in [0.1, 0.15) is 15.9 Å². The van der Waals surface area contributed by atoms with Gasteiger partial charge < -0.3 is 15.3 Å². The first kappa shape index (κ1) is 15.2. The van der Waals surface area contributed by atoms with Gasteiger partial charge in [0.25, 0.3) is 0 Å². The molecule has 0 spiro atoms. The number of nitrogens with zero attached hydrogens (tertiary/aromatic N) is 2. The number of carboxylic acid groups (broad SMARTS) is 2. The molecule has 0 amide bonds. The van der Waals surface area contributed by atoms with Gasteiger partial charge in [0.05, 0.1) is 23.4 Å². The van der Waals surface area contributed by atoms with Crippen LogP contribution in [0, 0.1) is 0 Å². The van der Waals surface area contributed by atoms with Gasteiger partial charge in [0.15, 0.2) is 0 Å². The van der Waals surface area contributed by atoms with E-state index in [2.05, 4.69) is 10.2 Å². The molecule has 0 saturated heterocycles. The van der Waals surface area contributed by atoms with Gasteiger partial charge in [0, 0.05) is 5.56 Å². The second-order valence-corrected chi connectivity index (χ2v) is 4.44. The van der Waals surface area contributed by atoms with Crippen molar-refractivity contribution >= 4 is 23.3 Å². The lowest BCUT2D eigenvalue weighted by Crippen LogP contribution is -1.99. The molecule has 0 aromatic heterocycles. The highest BCUT2D eigenvalue weighted by Crippen LogP contribution is 2.25. The summed E-state index contributed by atoms with van der Waals surface area (Å²) in [6.45, 7) is 0. The molecule has 22 heavy (non-hydrogen) atoms. The van der Waals surface area contributed by atoms with Gasteiger partial charge in [0.2, 0.25) is 0 Å². The van der Waals surface area contributed by atoms with E-state index in [1.165, 1.54) is 42.5 Å². The molecule has 0 heterocycles. The topological polar surface area (TPSA) is 120 Å². The fourth-order valence-electron chi connectivity index (χ4n) is 1.72. The SMILES string of the molecule is O=C(O)Cc1cc(N=Nc2ccc(C(=O)O)cc2)ccc1O. The number of phenols is 1. The Bertz CT molecular complexity index is 738. The molecule has 0 aliphatic rings. The highest BCUT2D eigenvalue weighted by molar-refractivity contribution is 5.87. The van der Waals surface area contributed by atoms with Crippen LogP contribution in [0.3, 0.4) is 0 Å². The fraction of sp³-hybridized carbons (Fsp3) is 0.0667. The first-order chi connectivity index (χ1) is 10.5. The van der Waals surface area contributed by atoms with Crippen molar-refractivity contribution in [2.24, 2.45) is 10.2 Å². The largest absolute Gasteiger partial charge is 0.508 e. The Morgan fingerprint density at radius 3 is 2.09 bits per heavy atom. The minimum absolute atomic E-state index is 0.118. The lowest BCUT2D eigenvalue weighted by molar-refractivity contribution is -0.136. The van der Waals surface area contributed by atoms with Gasteiger partial charge in [0.1, 0.15) is 5.75 Å². The maximum absolute atomic E-state index is 10.7. The van der Waals surface area contributed by atoms with E-state index in [4.69, 9.17) is 10.2 Å². The predicted molar refractivity (Wildman–Crippen MR) is 77.0 cm³/mol. The minimum atomic E-state index is -1.06. The van der Waals surface area contributed by atoms with E-state index in [0.717, 1.165) is 0 Å². The van der Waals surface area contributed by atoms with E-state index in [9.17, 15) is 14.7 Å². The van der Waals surface area contributed by atoms with Crippen LogP contribution in [0.15, 0.2) is 52.7 Å². The Balaban J connectivity index is 2.19. The van der Waals surface area contributed by atoms with Gasteiger partial charge in [-0.1, -0.05) is 0 Å². The van der Waals surface area contributed by atoms with Crippen LogP contribution in [0.2, 0.25) is 0 Å². The van der Waals surface area contributed by atoms with Crippen LogP contribution in [0.25, 0.3) is 0 Å². The molecule has 3 N–H and O–H groups in total. The van der Waals surface area contributed by atoms with Gasteiger partial charge in [-0.3, -0.25) is 4.79 Å². The van der Waals surface area contributed by atoms with Gasteiger partial charge in [-0.25, -0.2) is 4.79 Å². The summed E-state index contributed by atoms with van der Waals surface area (Å²) in [5.74, 6) is -2.21. The first-order valence-electron chi connectivity index (χ1n) is 6.24. The summed E-state index contributed by atoms with van der Waals surface area (Å²) in [6, 6.07) is 10.1. The number of aromatic carboxylic acids is 1. The monoisotopic (exact) mass is 300 g/mol. The summed E-state index contributed by atoms with van der Waals surface area (Å²) in [7, 11) is 0. The molecule has 7 nitrogen and oxygen atoms in total. The first-order valence-corrected chi connectivity index (χ1v) is 6.24. The smallest absolute Gasteiger partial charge is 0.335 e. The molecule has 0 saturated carbocycles. The zero-order valence-electron chi connectivity index (χ0n) is 11.3. The number of hydrogen-bond donors (Lipinski definition) is 3. The third-order valence-electron chi connectivity index (χ3n) is 2.80. The van der Waals surface area contributed by atoms with Crippen LogP contribution >= 0.6 is 0 Å². The molecular formula is C15H12N2O5. The number of rotatable bonds is 5. The average molecular weight is 300 g/mol. The van der Waals surface area contributed by atoms with E-state index in [1.54, 1.807) is 0 Å². The summed E-state index contributed by atoms with van der Waals surface area (Å²) in [5, 5.41) is 35.0. The molecule has 0 aliphatic heterocycles. The summed E-state index contributed by atoms with van der Waals surface area (Å²) in [4.78, 5) is 21.4. The van der Waals surface area contributed by atoms with Crippen molar-refractivity contribution in [3.63, 3.8) is 0 Å². The molecule has 2 aromatic carbocycles. The summed E-state index contributed by atoms with van der Waals surface area (Å²) < 4.78 is 0. The van der Waals surface area contributed by atoms with Crippen LogP contribution in [0.4, 0.5) is 11.4 Å². The van der Waals surface area contributed by atoms with Crippen LogP contribution in [0.5, 0.6) is 5.75 Å². The average Bonchev–Trinajstić information content (AvgIpc) is 2.48. The molecule has 0 aliphatic carbocycles. The molecular weight excluding hydrogens is 288 g/mol. The molecule has 0 radical (unpaired) electrons. The fourth-order valence-corrected chi connectivity index (χ4v) is 1.72. The number of azo groups is 1. The highest BCUT2D eigenvalue weighted by atomic mass is 16.4. The number of carbonyl (C=O) groups is 2. The van der Waals surface area contributed by atoms with Crippen LogP contribution in [-0.4, -0.2) is 27.3 Å². The number of aliphatic carboxylic acids is 1. The van der Waals surface area contributed by atoms with E-state index >= 15 is 0 Å². The second kappa shape index (κ2) is 6.49. The summed E-state index contributed by atoms with van der Waals surface area (Å²) in [5.41, 5.74) is 1.23. The van der Waals surface area contributed by atoms with Crippen molar-refractivity contribution in [2.75, 3.05) is 0 Å². The normalized spacial score (nSPS) is 10.7. The van der Waals surface area contributed by atoms with Crippen molar-refractivity contribution in [3.05, 3.63) is 53.6 Å². The highest BCUT2D eigenvalue weighted by Gasteiger charge is 2.07.